The first-order valence-corrected chi connectivity index (χ1v) is 9.65. The van der Waals surface area contributed by atoms with Crippen LogP contribution < -0.4 is 10.6 Å². The summed E-state index contributed by atoms with van der Waals surface area (Å²) in [6, 6.07) is 25.8. The summed E-state index contributed by atoms with van der Waals surface area (Å²) in [6.07, 6.45) is 1.17. The number of amides is 1. The van der Waals surface area contributed by atoms with Gasteiger partial charge in [-0.05, 0) is 36.2 Å². The summed E-state index contributed by atoms with van der Waals surface area (Å²) < 4.78 is 1.04. The molecule has 134 valence electrons. The Morgan fingerprint density at radius 2 is 1.63 bits per heavy atom. The third-order valence-electron chi connectivity index (χ3n) is 4.20. The van der Waals surface area contributed by atoms with E-state index in [1.807, 2.05) is 78.9 Å². The maximum Gasteiger partial charge on any atom is 0.224 e. The van der Waals surface area contributed by atoms with Crippen LogP contribution in [0.5, 0.6) is 0 Å². The molecule has 0 aliphatic carbocycles. The van der Waals surface area contributed by atoms with Gasteiger partial charge in [0.2, 0.25) is 5.91 Å². The molecule has 4 rings (SSSR count). The van der Waals surface area contributed by atoms with Crippen LogP contribution in [0, 0.1) is 0 Å². The monoisotopic (exact) mass is 373 g/mol. The van der Waals surface area contributed by atoms with E-state index in [2.05, 4.69) is 15.6 Å². The third-order valence-corrected chi connectivity index (χ3v) is 5.14. The van der Waals surface area contributed by atoms with Gasteiger partial charge < -0.3 is 10.6 Å². The predicted octanol–water partition coefficient (Wildman–Crippen LogP) is 5.61. The van der Waals surface area contributed by atoms with Gasteiger partial charge in [0, 0.05) is 12.1 Å². The Labute approximate surface area is 161 Å². The van der Waals surface area contributed by atoms with E-state index in [-0.39, 0.29) is 5.91 Å². The van der Waals surface area contributed by atoms with Crippen LogP contribution in [0.1, 0.15) is 12.0 Å². The van der Waals surface area contributed by atoms with Crippen molar-refractivity contribution >= 4 is 44.0 Å². The van der Waals surface area contributed by atoms with Gasteiger partial charge in [-0.1, -0.05) is 65.9 Å². The number of thiazole rings is 1. The number of benzene rings is 3. The van der Waals surface area contributed by atoms with Crippen LogP contribution in [-0.2, 0) is 11.2 Å². The number of anilines is 3. The standard InChI is InChI=1S/C22H19N3OS/c26-20(15-14-16-8-3-1-4-9-16)24-18-12-7-13-19-21(18)25-22(27-19)23-17-10-5-2-6-11-17/h1-13H,14-15H2,(H,23,25)(H,24,26). The minimum absolute atomic E-state index is 0.00285. The molecule has 4 nitrogen and oxygen atoms in total. The molecule has 0 aliphatic rings. The van der Waals surface area contributed by atoms with Crippen LogP contribution in [0.15, 0.2) is 78.9 Å². The van der Waals surface area contributed by atoms with E-state index in [1.165, 1.54) is 0 Å². The minimum Gasteiger partial charge on any atom is -0.332 e. The van der Waals surface area contributed by atoms with E-state index < -0.39 is 0 Å². The Hall–Kier alpha value is -3.18. The second kappa shape index (κ2) is 8.01. The van der Waals surface area contributed by atoms with Crippen molar-refractivity contribution in [2.75, 3.05) is 10.6 Å². The third kappa shape index (κ3) is 4.33. The zero-order valence-corrected chi connectivity index (χ0v) is 15.5. The Kier molecular flexibility index (Phi) is 5.12. The molecular formula is C22H19N3OS. The molecule has 27 heavy (non-hydrogen) atoms. The number of hydrogen-bond donors (Lipinski definition) is 2. The van der Waals surface area contributed by atoms with Crippen LogP contribution in [0.25, 0.3) is 10.2 Å². The normalized spacial score (nSPS) is 10.7. The van der Waals surface area contributed by atoms with E-state index in [9.17, 15) is 4.79 Å². The van der Waals surface area contributed by atoms with Gasteiger partial charge in [-0.3, -0.25) is 4.79 Å². The van der Waals surface area contributed by atoms with Crippen LogP contribution in [0.2, 0.25) is 0 Å². The minimum atomic E-state index is -0.00285. The molecule has 1 amide bonds. The molecule has 0 fully saturated rings. The topological polar surface area (TPSA) is 54.0 Å². The van der Waals surface area contributed by atoms with Crippen LogP contribution in [0.4, 0.5) is 16.5 Å². The fourth-order valence-corrected chi connectivity index (χ4v) is 3.78. The smallest absolute Gasteiger partial charge is 0.224 e. The first kappa shape index (κ1) is 17.2. The number of para-hydroxylation sites is 2. The first-order valence-electron chi connectivity index (χ1n) is 8.83. The lowest BCUT2D eigenvalue weighted by atomic mass is 10.1. The van der Waals surface area contributed by atoms with Gasteiger partial charge in [0.15, 0.2) is 5.13 Å². The maximum atomic E-state index is 12.4. The number of carbonyl (C=O) groups excluding carboxylic acids is 1. The lowest BCUT2D eigenvalue weighted by Gasteiger charge is -2.06. The second-order valence-corrected chi connectivity index (χ2v) is 7.23. The summed E-state index contributed by atoms with van der Waals surface area (Å²) in [5.74, 6) is -0.00285. The number of nitrogens with one attached hydrogen (secondary N) is 2. The summed E-state index contributed by atoms with van der Waals surface area (Å²) in [7, 11) is 0. The zero-order chi connectivity index (χ0) is 18.5. The van der Waals surface area contributed by atoms with Crippen molar-refractivity contribution < 1.29 is 4.79 Å². The van der Waals surface area contributed by atoms with Crippen molar-refractivity contribution in [1.29, 1.82) is 0 Å². The average molecular weight is 373 g/mol. The van der Waals surface area contributed by atoms with E-state index in [4.69, 9.17) is 0 Å². The maximum absolute atomic E-state index is 12.4. The molecule has 0 radical (unpaired) electrons. The van der Waals surface area contributed by atoms with Gasteiger partial charge in [0.25, 0.3) is 0 Å². The van der Waals surface area contributed by atoms with Gasteiger partial charge in [-0.15, -0.1) is 0 Å². The van der Waals surface area contributed by atoms with Crippen LogP contribution in [0.3, 0.4) is 0 Å². The summed E-state index contributed by atoms with van der Waals surface area (Å²) in [5, 5.41) is 7.13. The van der Waals surface area contributed by atoms with E-state index in [0.29, 0.717) is 6.42 Å². The van der Waals surface area contributed by atoms with E-state index in [1.54, 1.807) is 11.3 Å². The molecule has 3 aromatic carbocycles. The molecule has 2 N–H and O–H groups in total. The number of carbonyl (C=O) groups is 1. The zero-order valence-electron chi connectivity index (χ0n) is 14.7. The van der Waals surface area contributed by atoms with Gasteiger partial charge in [-0.25, -0.2) is 4.98 Å². The largest absolute Gasteiger partial charge is 0.332 e. The predicted molar refractivity (Wildman–Crippen MR) is 113 cm³/mol. The molecule has 0 bridgehead atoms. The summed E-state index contributed by atoms with van der Waals surface area (Å²) in [6.45, 7) is 0. The van der Waals surface area contributed by atoms with Gasteiger partial charge in [-0.2, -0.15) is 0 Å². The number of rotatable bonds is 6. The van der Waals surface area contributed by atoms with Crippen molar-refractivity contribution in [2.24, 2.45) is 0 Å². The van der Waals surface area contributed by atoms with Crippen molar-refractivity contribution in [3.05, 3.63) is 84.4 Å². The van der Waals surface area contributed by atoms with Gasteiger partial charge in [0.1, 0.15) is 5.52 Å². The lowest BCUT2D eigenvalue weighted by Crippen LogP contribution is -2.12. The fourth-order valence-electron chi connectivity index (χ4n) is 2.86. The average Bonchev–Trinajstić information content (AvgIpc) is 3.11. The molecule has 5 heteroatoms. The Bertz CT molecular complexity index is 1050. The van der Waals surface area contributed by atoms with E-state index >= 15 is 0 Å². The summed E-state index contributed by atoms with van der Waals surface area (Å²) >= 11 is 1.57. The Balaban J connectivity index is 1.47. The molecule has 0 aliphatic heterocycles. The van der Waals surface area contributed by atoms with Crippen molar-refractivity contribution in [1.82, 2.24) is 4.98 Å². The molecule has 1 heterocycles. The molecule has 1 aromatic heterocycles. The van der Waals surface area contributed by atoms with Crippen molar-refractivity contribution in [3.8, 4) is 0 Å². The summed E-state index contributed by atoms with van der Waals surface area (Å²) in [5.41, 5.74) is 3.72. The highest BCUT2D eigenvalue weighted by Gasteiger charge is 2.11. The quantitative estimate of drug-likeness (QED) is 0.462. The molecule has 0 spiro atoms. The number of hydrogen-bond acceptors (Lipinski definition) is 4. The first-order chi connectivity index (χ1) is 13.3. The number of aromatic nitrogens is 1. The number of nitrogens with zero attached hydrogens (tertiary/aromatic N) is 1. The van der Waals surface area contributed by atoms with Crippen molar-refractivity contribution in [2.45, 2.75) is 12.8 Å². The molecule has 0 unspecified atom stereocenters. The molecule has 0 saturated heterocycles. The van der Waals surface area contributed by atoms with E-state index in [0.717, 1.165) is 38.7 Å². The highest BCUT2D eigenvalue weighted by Crippen LogP contribution is 2.32. The summed E-state index contributed by atoms with van der Waals surface area (Å²) in [4.78, 5) is 17.0. The molecule has 4 aromatic rings. The highest BCUT2D eigenvalue weighted by atomic mass is 32.1. The Morgan fingerprint density at radius 3 is 2.41 bits per heavy atom. The Morgan fingerprint density at radius 1 is 0.889 bits per heavy atom. The highest BCUT2D eigenvalue weighted by molar-refractivity contribution is 7.22. The van der Waals surface area contributed by atoms with Gasteiger partial charge >= 0.3 is 0 Å². The van der Waals surface area contributed by atoms with Crippen molar-refractivity contribution in [3.63, 3.8) is 0 Å². The van der Waals surface area contributed by atoms with Crippen LogP contribution >= 0.6 is 11.3 Å². The number of aryl methyl sites for hydroxylation is 1. The SMILES string of the molecule is O=C(CCc1ccccc1)Nc1cccc2sc(Nc3ccccc3)nc12. The second-order valence-electron chi connectivity index (χ2n) is 6.20. The number of fused-ring (bicyclic) bond motifs is 1. The molecule has 0 atom stereocenters. The molecule has 0 saturated carbocycles. The fraction of sp³-hybridized carbons (Fsp3) is 0.0909. The van der Waals surface area contributed by atoms with Gasteiger partial charge in [0.05, 0.1) is 10.4 Å². The lowest BCUT2D eigenvalue weighted by molar-refractivity contribution is -0.116. The molecular weight excluding hydrogens is 354 g/mol. The van der Waals surface area contributed by atoms with Crippen LogP contribution in [-0.4, -0.2) is 10.9 Å².